The van der Waals surface area contributed by atoms with Crippen LogP contribution in [0.1, 0.15) is 6.92 Å². The summed E-state index contributed by atoms with van der Waals surface area (Å²) >= 11 is 5.68. The van der Waals surface area contributed by atoms with Crippen LogP contribution in [0.4, 0.5) is 4.39 Å². The van der Waals surface area contributed by atoms with E-state index in [1.165, 1.54) is 25.1 Å². The zero-order valence-electron chi connectivity index (χ0n) is 7.58. The minimum absolute atomic E-state index is 0.126. The van der Waals surface area contributed by atoms with Crippen molar-refractivity contribution in [2.24, 2.45) is 5.73 Å². The fourth-order valence-corrected chi connectivity index (χ4v) is 1.04. The van der Waals surface area contributed by atoms with Gasteiger partial charge in [-0.1, -0.05) is 17.7 Å². The Kier molecular flexibility index (Phi) is 3.69. The number of para-hydroxylation sites is 1. The van der Waals surface area contributed by atoms with E-state index < -0.39 is 18.1 Å². The van der Waals surface area contributed by atoms with Crippen LogP contribution in [0.15, 0.2) is 18.2 Å². The molecule has 0 saturated carbocycles. The Hall–Kier alpha value is -0.840. The van der Waals surface area contributed by atoms with E-state index in [9.17, 15) is 4.39 Å². The average Bonchev–Trinajstić information content (AvgIpc) is 2.11. The predicted molar refractivity (Wildman–Crippen MR) is 51.7 cm³/mol. The fourth-order valence-electron chi connectivity index (χ4n) is 0.830. The maximum atomic E-state index is 13.1. The van der Waals surface area contributed by atoms with E-state index in [1.807, 2.05) is 0 Å². The first-order valence-electron chi connectivity index (χ1n) is 4.06. The van der Waals surface area contributed by atoms with Gasteiger partial charge < -0.3 is 9.84 Å². The number of hydrogen-bond acceptors (Lipinski definition) is 3. The second kappa shape index (κ2) is 4.59. The second-order valence-electron chi connectivity index (χ2n) is 2.87. The maximum absolute atomic E-state index is 13.1. The molecule has 2 unspecified atom stereocenters. The number of ether oxygens (including phenoxy) is 1. The van der Waals surface area contributed by atoms with Crippen molar-refractivity contribution in [1.82, 2.24) is 0 Å². The lowest BCUT2D eigenvalue weighted by molar-refractivity contribution is 0.0504. The third-order valence-corrected chi connectivity index (χ3v) is 1.95. The molecule has 1 aromatic carbocycles. The summed E-state index contributed by atoms with van der Waals surface area (Å²) < 4.78 is 18.1. The number of benzene rings is 1. The van der Waals surface area contributed by atoms with Gasteiger partial charge in [0.25, 0.3) is 0 Å². The first-order valence-corrected chi connectivity index (χ1v) is 4.44. The van der Waals surface area contributed by atoms with E-state index in [0.29, 0.717) is 0 Å². The summed E-state index contributed by atoms with van der Waals surface area (Å²) in [6.45, 7) is 1.44. The predicted octanol–water partition coefficient (Wildman–Crippen LogP) is 1.52. The van der Waals surface area contributed by atoms with Gasteiger partial charge in [0.1, 0.15) is 6.10 Å². The van der Waals surface area contributed by atoms with Gasteiger partial charge in [0.2, 0.25) is 0 Å². The third kappa shape index (κ3) is 2.57. The maximum Gasteiger partial charge on any atom is 0.176 e. The molecule has 0 saturated heterocycles. The van der Waals surface area contributed by atoms with E-state index in [2.05, 4.69) is 0 Å². The van der Waals surface area contributed by atoms with Crippen molar-refractivity contribution in [3.05, 3.63) is 29.0 Å². The molecule has 0 amide bonds. The number of nitrogens with two attached hydrogens (primary N) is 1. The zero-order valence-corrected chi connectivity index (χ0v) is 8.33. The minimum Gasteiger partial charge on any atom is -0.468 e. The van der Waals surface area contributed by atoms with Gasteiger partial charge in [-0.15, -0.1) is 0 Å². The molecule has 0 aliphatic carbocycles. The summed E-state index contributed by atoms with van der Waals surface area (Å²) in [5, 5.41) is 9.17. The Morgan fingerprint density at radius 1 is 1.57 bits per heavy atom. The molecule has 0 spiro atoms. The van der Waals surface area contributed by atoms with Crippen molar-refractivity contribution in [2.45, 2.75) is 19.3 Å². The Morgan fingerprint density at radius 3 is 2.71 bits per heavy atom. The van der Waals surface area contributed by atoms with Crippen molar-refractivity contribution < 1.29 is 14.2 Å². The Labute approximate surface area is 86.2 Å². The van der Waals surface area contributed by atoms with Crippen molar-refractivity contribution in [3.63, 3.8) is 0 Å². The highest BCUT2D eigenvalue weighted by Gasteiger charge is 2.15. The van der Waals surface area contributed by atoms with E-state index in [0.717, 1.165) is 0 Å². The molecule has 0 aliphatic heterocycles. The molecule has 0 aliphatic rings. The molecule has 3 N–H and O–H groups in total. The molecule has 2 atom stereocenters. The van der Waals surface area contributed by atoms with Crippen LogP contribution in [0.25, 0.3) is 0 Å². The molecule has 0 bridgehead atoms. The summed E-state index contributed by atoms with van der Waals surface area (Å²) in [5.41, 5.74) is 5.39. The highest BCUT2D eigenvalue weighted by Crippen LogP contribution is 2.27. The zero-order chi connectivity index (χ0) is 10.7. The molecule has 0 heterocycles. The van der Waals surface area contributed by atoms with Gasteiger partial charge in [0.05, 0.1) is 5.02 Å². The fraction of sp³-hybridized carbons (Fsp3) is 0.333. The van der Waals surface area contributed by atoms with Gasteiger partial charge >= 0.3 is 0 Å². The van der Waals surface area contributed by atoms with Gasteiger partial charge in [-0.25, -0.2) is 4.39 Å². The molecule has 3 nitrogen and oxygen atoms in total. The number of halogens is 2. The van der Waals surface area contributed by atoms with Crippen LogP contribution in [-0.4, -0.2) is 17.4 Å². The molecule has 1 rings (SSSR count). The van der Waals surface area contributed by atoms with Crippen LogP contribution >= 0.6 is 11.6 Å². The smallest absolute Gasteiger partial charge is 0.176 e. The van der Waals surface area contributed by atoms with Crippen molar-refractivity contribution >= 4 is 11.6 Å². The van der Waals surface area contributed by atoms with Gasteiger partial charge in [0.15, 0.2) is 17.8 Å². The molecular weight excluding hydrogens is 209 g/mol. The Balaban J connectivity index is 2.85. The van der Waals surface area contributed by atoms with Gasteiger partial charge in [-0.3, -0.25) is 5.73 Å². The van der Waals surface area contributed by atoms with Crippen LogP contribution in [-0.2, 0) is 0 Å². The van der Waals surface area contributed by atoms with Crippen molar-refractivity contribution in [2.75, 3.05) is 0 Å². The van der Waals surface area contributed by atoms with Crippen LogP contribution in [0.5, 0.6) is 5.75 Å². The first kappa shape index (κ1) is 11.2. The SMILES string of the molecule is CC(O)C(N)Oc1c(F)cccc1Cl. The molecule has 1 aromatic rings. The summed E-state index contributed by atoms with van der Waals surface area (Å²) in [6.07, 6.45) is -1.89. The molecule has 0 aromatic heterocycles. The van der Waals surface area contributed by atoms with Crippen molar-refractivity contribution in [3.8, 4) is 5.75 Å². The topological polar surface area (TPSA) is 55.5 Å². The van der Waals surface area contributed by atoms with Crippen molar-refractivity contribution in [1.29, 1.82) is 0 Å². The first-order chi connectivity index (χ1) is 6.52. The minimum atomic E-state index is -0.996. The van der Waals surface area contributed by atoms with Crippen LogP contribution in [0.3, 0.4) is 0 Å². The lowest BCUT2D eigenvalue weighted by Crippen LogP contribution is -2.38. The van der Waals surface area contributed by atoms with E-state index in [4.69, 9.17) is 27.2 Å². The third-order valence-electron chi connectivity index (χ3n) is 1.65. The standard InChI is InChI=1S/C9H11ClFNO2/c1-5(13)9(12)14-8-6(10)3-2-4-7(8)11/h2-5,9,13H,12H2,1H3. The quantitative estimate of drug-likeness (QED) is 0.758. The molecule has 0 fully saturated rings. The summed E-state index contributed by atoms with van der Waals surface area (Å²) in [5.74, 6) is -0.740. The Bertz CT molecular complexity index is 299. The number of rotatable bonds is 3. The monoisotopic (exact) mass is 219 g/mol. The molecule has 14 heavy (non-hydrogen) atoms. The van der Waals surface area contributed by atoms with Crippen LogP contribution in [0.2, 0.25) is 5.02 Å². The number of aliphatic hydroxyl groups excluding tert-OH is 1. The molecule has 78 valence electrons. The van der Waals surface area contributed by atoms with E-state index in [1.54, 1.807) is 0 Å². The van der Waals surface area contributed by atoms with Gasteiger partial charge in [0, 0.05) is 0 Å². The molecular formula is C9H11ClFNO2. The largest absolute Gasteiger partial charge is 0.468 e. The number of hydrogen-bond donors (Lipinski definition) is 2. The molecule has 0 radical (unpaired) electrons. The second-order valence-corrected chi connectivity index (χ2v) is 3.28. The van der Waals surface area contributed by atoms with Gasteiger partial charge in [-0.2, -0.15) is 0 Å². The van der Waals surface area contributed by atoms with E-state index in [-0.39, 0.29) is 10.8 Å². The summed E-state index contributed by atoms with van der Waals surface area (Å²) in [6, 6.07) is 4.14. The lowest BCUT2D eigenvalue weighted by Gasteiger charge is -2.17. The number of aliphatic hydroxyl groups is 1. The van der Waals surface area contributed by atoms with Crippen LogP contribution < -0.4 is 10.5 Å². The Morgan fingerprint density at radius 2 is 2.21 bits per heavy atom. The van der Waals surface area contributed by atoms with Gasteiger partial charge in [-0.05, 0) is 19.1 Å². The summed E-state index contributed by atoms with van der Waals surface area (Å²) in [7, 11) is 0. The lowest BCUT2D eigenvalue weighted by atomic mass is 10.3. The highest BCUT2D eigenvalue weighted by molar-refractivity contribution is 6.32. The molecule has 5 heteroatoms. The average molecular weight is 220 g/mol. The normalized spacial score (nSPS) is 14.9. The van der Waals surface area contributed by atoms with E-state index >= 15 is 0 Å². The van der Waals surface area contributed by atoms with Crippen LogP contribution in [0, 0.1) is 5.82 Å². The summed E-state index contributed by atoms with van der Waals surface area (Å²) in [4.78, 5) is 0. The highest BCUT2D eigenvalue weighted by atomic mass is 35.5.